The summed E-state index contributed by atoms with van der Waals surface area (Å²) in [4.78, 5) is 12.2. The highest BCUT2D eigenvalue weighted by Gasteiger charge is 2.22. The van der Waals surface area contributed by atoms with Crippen LogP contribution in [0, 0.1) is 0 Å². The number of nitrogens with zero attached hydrogens (tertiary/aromatic N) is 1. The fourth-order valence-corrected chi connectivity index (χ4v) is 1.23. The van der Waals surface area contributed by atoms with E-state index in [2.05, 4.69) is 0 Å². The normalized spacial score (nSPS) is 17.9. The maximum Gasteiger partial charge on any atom is 0.320 e. The van der Waals surface area contributed by atoms with Crippen molar-refractivity contribution in [1.29, 1.82) is 0 Å². The minimum absolute atomic E-state index is 0.248. The third kappa shape index (κ3) is 5.16. The minimum Gasteiger partial charge on any atom is -0.480 e. The van der Waals surface area contributed by atoms with Crippen molar-refractivity contribution in [2.75, 3.05) is 13.1 Å². The number of hydrogen-bond acceptors (Lipinski definition) is 4. The molecule has 0 amide bonds. The van der Waals surface area contributed by atoms with Crippen LogP contribution in [0.4, 0.5) is 0 Å². The van der Waals surface area contributed by atoms with Crippen LogP contribution in [-0.2, 0) is 4.79 Å². The van der Waals surface area contributed by atoms with Gasteiger partial charge in [0.15, 0.2) is 0 Å². The summed E-state index contributed by atoms with van der Waals surface area (Å²) in [7, 11) is 0. The molecule has 0 aromatic rings. The first-order chi connectivity index (χ1) is 6.34. The summed E-state index contributed by atoms with van der Waals surface area (Å²) in [6.45, 7) is 5.21. The lowest BCUT2D eigenvalue weighted by molar-refractivity contribution is -0.143. The molecule has 5 nitrogen and oxygen atoms in total. The molecule has 0 aliphatic rings. The van der Waals surface area contributed by atoms with Crippen LogP contribution in [0.1, 0.15) is 20.8 Å². The standard InChI is InChI=1S/C9H19NO4/c1-6(11)4-10(5-7(2)12)8(3)9(13)14/h6-8,11-12H,4-5H2,1-3H3,(H,13,14). The van der Waals surface area contributed by atoms with Gasteiger partial charge in [-0.25, -0.2) is 0 Å². The van der Waals surface area contributed by atoms with E-state index in [1.54, 1.807) is 13.8 Å². The second-order valence-electron chi connectivity index (χ2n) is 3.67. The van der Waals surface area contributed by atoms with Gasteiger partial charge in [0.2, 0.25) is 0 Å². The van der Waals surface area contributed by atoms with E-state index in [0.717, 1.165) is 0 Å². The second kappa shape index (κ2) is 5.95. The van der Waals surface area contributed by atoms with Gasteiger partial charge in [-0.15, -0.1) is 0 Å². The number of carboxylic acids is 1. The molecule has 84 valence electrons. The van der Waals surface area contributed by atoms with E-state index in [4.69, 9.17) is 15.3 Å². The van der Waals surface area contributed by atoms with Crippen LogP contribution in [0.2, 0.25) is 0 Å². The zero-order valence-corrected chi connectivity index (χ0v) is 8.84. The van der Waals surface area contributed by atoms with E-state index in [9.17, 15) is 4.79 Å². The van der Waals surface area contributed by atoms with Gasteiger partial charge in [0, 0.05) is 13.1 Å². The summed E-state index contributed by atoms with van der Waals surface area (Å²) >= 11 is 0. The Morgan fingerprint density at radius 2 is 1.50 bits per heavy atom. The van der Waals surface area contributed by atoms with Crippen molar-refractivity contribution in [3.8, 4) is 0 Å². The summed E-state index contributed by atoms with van der Waals surface area (Å²) in [6.07, 6.45) is -1.20. The second-order valence-corrected chi connectivity index (χ2v) is 3.67. The summed E-state index contributed by atoms with van der Waals surface area (Å²) in [5.74, 6) is -0.952. The van der Waals surface area contributed by atoms with E-state index in [0.29, 0.717) is 0 Å². The van der Waals surface area contributed by atoms with Crippen LogP contribution >= 0.6 is 0 Å². The van der Waals surface area contributed by atoms with Gasteiger partial charge in [-0.05, 0) is 20.8 Å². The Kier molecular flexibility index (Phi) is 5.68. The first kappa shape index (κ1) is 13.4. The molecule has 0 aliphatic heterocycles. The molecule has 0 spiro atoms. The van der Waals surface area contributed by atoms with Gasteiger partial charge in [0.05, 0.1) is 12.2 Å². The smallest absolute Gasteiger partial charge is 0.320 e. The molecule has 0 rings (SSSR count). The minimum atomic E-state index is -0.952. The van der Waals surface area contributed by atoms with E-state index in [-0.39, 0.29) is 13.1 Å². The quantitative estimate of drug-likeness (QED) is 0.546. The third-order valence-corrected chi connectivity index (χ3v) is 1.90. The number of hydrogen-bond donors (Lipinski definition) is 3. The molecule has 0 saturated heterocycles. The van der Waals surface area contributed by atoms with Crippen LogP contribution in [0.15, 0.2) is 0 Å². The van der Waals surface area contributed by atoms with E-state index >= 15 is 0 Å². The zero-order valence-electron chi connectivity index (χ0n) is 8.84. The van der Waals surface area contributed by atoms with Gasteiger partial charge in [-0.1, -0.05) is 0 Å². The Labute approximate surface area is 84.0 Å². The van der Waals surface area contributed by atoms with E-state index < -0.39 is 24.2 Å². The molecule has 0 fully saturated rings. The highest BCUT2D eigenvalue weighted by atomic mass is 16.4. The fraction of sp³-hybridized carbons (Fsp3) is 0.889. The molecule has 3 N–H and O–H groups in total. The molecule has 0 aliphatic carbocycles. The van der Waals surface area contributed by atoms with Crippen molar-refractivity contribution in [1.82, 2.24) is 4.90 Å². The van der Waals surface area contributed by atoms with Crippen molar-refractivity contribution in [3.63, 3.8) is 0 Å². The number of aliphatic hydroxyl groups excluding tert-OH is 2. The highest BCUT2D eigenvalue weighted by Crippen LogP contribution is 2.02. The van der Waals surface area contributed by atoms with Crippen LogP contribution in [0.5, 0.6) is 0 Å². The average molecular weight is 205 g/mol. The van der Waals surface area contributed by atoms with Crippen LogP contribution in [0.3, 0.4) is 0 Å². The largest absolute Gasteiger partial charge is 0.480 e. The Morgan fingerprint density at radius 1 is 1.14 bits per heavy atom. The molecule has 0 saturated carbocycles. The number of rotatable bonds is 6. The highest BCUT2D eigenvalue weighted by molar-refractivity contribution is 5.72. The van der Waals surface area contributed by atoms with Crippen LogP contribution in [0.25, 0.3) is 0 Å². The molecule has 0 bridgehead atoms. The summed E-state index contributed by atoms with van der Waals surface area (Å²) in [5, 5.41) is 27.1. The Balaban J connectivity index is 4.30. The van der Waals surface area contributed by atoms with Crippen molar-refractivity contribution in [2.24, 2.45) is 0 Å². The molecule has 0 heterocycles. The molecular weight excluding hydrogens is 186 g/mol. The van der Waals surface area contributed by atoms with Gasteiger partial charge in [-0.2, -0.15) is 0 Å². The molecule has 0 aromatic heterocycles. The van der Waals surface area contributed by atoms with Gasteiger partial charge in [0.25, 0.3) is 0 Å². The number of aliphatic carboxylic acids is 1. The molecule has 3 unspecified atom stereocenters. The average Bonchev–Trinajstić information content (AvgIpc) is 1.99. The monoisotopic (exact) mass is 205 g/mol. The number of carbonyl (C=O) groups is 1. The summed E-state index contributed by atoms with van der Waals surface area (Å²) in [5.41, 5.74) is 0. The third-order valence-electron chi connectivity index (χ3n) is 1.90. The Hall–Kier alpha value is -0.650. The molecule has 14 heavy (non-hydrogen) atoms. The van der Waals surface area contributed by atoms with Crippen molar-refractivity contribution >= 4 is 5.97 Å². The summed E-state index contributed by atoms with van der Waals surface area (Å²) in [6, 6.07) is -0.695. The molecule has 0 radical (unpaired) electrons. The molecule has 5 heteroatoms. The first-order valence-electron chi connectivity index (χ1n) is 4.67. The maximum absolute atomic E-state index is 10.7. The van der Waals surface area contributed by atoms with Gasteiger partial charge >= 0.3 is 5.97 Å². The first-order valence-corrected chi connectivity index (χ1v) is 4.67. The van der Waals surface area contributed by atoms with Crippen molar-refractivity contribution < 1.29 is 20.1 Å². The lowest BCUT2D eigenvalue weighted by Crippen LogP contribution is -2.45. The topological polar surface area (TPSA) is 81.0 Å². The maximum atomic E-state index is 10.7. The Bertz CT molecular complexity index is 172. The lowest BCUT2D eigenvalue weighted by Gasteiger charge is -2.28. The van der Waals surface area contributed by atoms with Crippen molar-refractivity contribution in [3.05, 3.63) is 0 Å². The van der Waals surface area contributed by atoms with Gasteiger partial charge < -0.3 is 15.3 Å². The van der Waals surface area contributed by atoms with Gasteiger partial charge in [0.1, 0.15) is 6.04 Å². The number of aliphatic hydroxyl groups is 2. The molecular formula is C9H19NO4. The predicted octanol–water partition coefficient (Wildman–Crippen LogP) is -0.477. The SMILES string of the molecule is CC(O)CN(CC(C)O)C(C)C(=O)O. The lowest BCUT2D eigenvalue weighted by atomic mass is 10.2. The summed E-state index contributed by atoms with van der Waals surface area (Å²) < 4.78 is 0. The zero-order chi connectivity index (χ0) is 11.3. The van der Waals surface area contributed by atoms with Gasteiger partial charge in [-0.3, -0.25) is 9.69 Å². The Morgan fingerprint density at radius 3 is 1.71 bits per heavy atom. The number of carboxylic acid groups (broad SMARTS) is 1. The fourth-order valence-electron chi connectivity index (χ4n) is 1.23. The predicted molar refractivity (Wildman–Crippen MR) is 52.0 cm³/mol. The van der Waals surface area contributed by atoms with E-state index in [1.807, 2.05) is 0 Å². The molecule has 0 aromatic carbocycles. The molecule has 3 atom stereocenters. The van der Waals surface area contributed by atoms with Crippen LogP contribution in [-0.4, -0.2) is 57.5 Å². The van der Waals surface area contributed by atoms with E-state index in [1.165, 1.54) is 11.8 Å². The van der Waals surface area contributed by atoms with Crippen molar-refractivity contribution in [2.45, 2.75) is 39.0 Å². The van der Waals surface area contributed by atoms with Crippen LogP contribution < -0.4 is 0 Å².